The van der Waals surface area contributed by atoms with E-state index in [0.29, 0.717) is 12.0 Å². The number of rotatable bonds is 4. The molecule has 3 rings (SSSR count). The molecule has 21 heavy (non-hydrogen) atoms. The molecule has 1 saturated heterocycles. The fraction of sp³-hybridized carbons (Fsp3) is 0.611. The number of hydrogen-bond acceptors (Lipinski definition) is 3. The Morgan fingerprint density at radius 2 is 1.95 bits per heavy atom. The van der Waals surface area contributed by atoms with Crippen molar-refractivity contribution in [2.24, 2.45) is 5.92 Å². The van der Waals surface area contributed by atoms with E-state index < -0.39 is 0 Å². The molecule has 1 N–H and O–H groups in total. The van der Waals surface area contributed by atoms with Gasteiger partial charge in [0.2, 0.25) is 0 Å². The second kappa shape index (κ2) is 6.60. The Kier molecular flexibility index (Phi) is 4.57. The lowest BCUT2D eigenvalue weighted by molar-refractivity contribution is 0.189. The number of nitrogens with one attached hydrogen (secondary N) is 1. The summed E-state index contributed by atoms with van der Waals surface area (Å²) in [7, 11) is 2.25. The van der Waals surface area contributed by atoms with Gasteiger partial charge in [0.05, 0.1) is 11.6 Å². The van der Waals surface area contributed by atoms with Crippen LogP contribution in [0.4, 0.5) is 0 Å². The summed E-state index contributed by atoms with van der Waals surface area (Å²) in [5.74, 6) is 0.672. The second-order valence-corrected chi connectivity index (χ2v) is 6.60. The lowest BCUT2D eigenvalue weighted by atomic mass is 9.89. The van der Waals surface area contributed by atoms with Crippen molar-refractivity contribution >= 4 is 0 Å². The molecule has 1 aromatic carbocycles. The predicted molar refractivity (Wildman–Crippen MR) is 84.9 cm³/mol. The lowest BCUT2D eigenvalue weighted by Gasteiger charge is -2.33. The first-order valence-electron chi connectivity index (χ1n) is 8.21. The third-order valence-electron chi connectivity index (χ3n) is 4.88. The number of nitrogens with zero attached hydrogens (tertiary/aromatic N) is 2. The highest BCUT2D eigenvalue weighted by molar-refractivity contribution is 5.33. The van der Waals surface area contributed by atoms with Gasteiger partial charge in [-0.25, -0.2) is 0 Å². The summed E-state index contributed by atoms with van der Waals surface area (Å²) in [6.07, 6.45) is 6.63. The van der Waals surface area contributed by atoms with Gasteiger partial charge in [-0.1, -0.05) is 18.6 Å². The van der Waals surface area contributed by atoms with E-state index in [1.165, 1.54) is 44.2 Å². The molecule has 1 saturated carbocycles. The van der Waals surface area contributed by atoms with E-state index in [-0.39, 0.29) is 0 Å². The summed E-state index contributed by atoms with van der Waals surface area (Å²) < 4.78 is 0. The van der Waals surface area contributed by atoms with Gasteiger partial charge >= 0.3 is 0 Å². The fourth-order valence-corrected chi connectivity index (χ4v) is 3.53. The Morgan fingerprint density at radius 3 is 2.62 bits per heavy atom. The molecule has 2 atom stereocenters. The van der Waals surface area contributed by atoms with Gasteiger partial charge in [0.1, 0.15) is 0 Å². The van der Waals surface area contributed by atoms with Crippen molar-refractivity contribution in [2.75, 3.05) is 20.1 Å². The number of nitriles is 1. The van der Waals surface area contributed by atoms with Crippen molar-refractivity contribution in [1.29, 1.82) is 5.26 Å². The summed E-state index contributed by atoms with van der Waals surface area (Å²) in [5, 5.41) is 12.7. The molecule has 1 aromatic rings. The summed E-state index contributed by atoms with van der Waals surface area (Å²) in [5.41, 5.74) is 2.11. The molecule has 1 aliphatic heterocycles. The van der Waals surface area contributed by atoms with Crippen LogP contribution in [-0.2, 0) is 0 Å². The van der Waals surface area contributed by atoms with Crippen LogP contribution in [-0.4, -0.2) is 31.1 Å². The van der Waals surface area contributed by atoms with Gasteiger partial charge in [-0.05, 0) is 62.9 Å². The van der Waals surface area contributed by atoms with Gasteiger partial charge in [0, 0.05) is 18.6 Å². The predicted octanol–water partition coefficient (Wildman–Crippen LogP) is 3.08. The molecule has 2 aliphatic rings. The van der Waals surface area contributed by atoms with Gasteiger partial charge in [0.25, 0.3) is 0 Å². The lowest BCUT2D eigenvalue weighted by Crippen LogP contribution is -2.35. The van der Waals surface area contributed by atoms with Crippen LogP contribution in [0.5, 0.6) is 0 Å². The van der Waals surface area contributed by atoms with Crippen LogP contribution >= 0.6 is 0 Å². The largest absolute Gasteiger partial charge is 0.314 e. The quantitative estimate of drug-likeness (QED) is 0.923. The van der Waals surface area contributed by atoms with Gasteiger partial charge in [0.15, 0.2) is 0 Å². The van der Waals surface area contributed by atoms with Gasteiger partial charge in [-0.15, -0.1) is 0 Å². The molecule has 1 aliphatic carbocycles. The highest BCUT2D eigenvalue weighted by atomic mass is 15.1. The zero-order chi connectivity index (χ0) is 14.7. The van der Waals surface area contributed by atoms with Crippen LogP contribution in [0.1, 0.15) is 49.3 Å². The molecule has 2 unspecified atom stereocenters. The smallest absolute Gasteiger partial charge is 0.0991 e. The normalized spacial score (nSPS) is 27.0. The number of likely N-dealkylation sites (tertiary alicyclic amines) is 1. The summed E-state index contributed by atoms with van der Waals surface area (Å²) in [6.45, 7) is 2.30. The standard InChI is InChI=1S/C18H25N3/c1-21-11-3-2-4-16(13-20-17-9-10-17)18(21)15-7-5-14(12-19)6-8-15/h5-8,16-18,20H,2-4,9-11,13H2,1H3. The Bertz CT molecular complexity index is 498. The molecule has 112 valence electrons. The summed E-state index contributed by atoms with van der Waals surface area (Å²) in [6, 6.07) is 11.7. The van der Waals surface area contributed by atoms with E-state index in [2.05, 4.69) is 35.5 Å². The van der Waals surface area contributed by atoms with Crippen LogP contribution in [0.2, 0.25) is 0 Å². The number of hydrogen-bond donors (Lipinski definition) is 1. The first-order valence-corrected chi connectivity index (χ1v) is 8.21. The van der Waals surface area contributed by atoms with Crippen molar-refractivity contribution in [3.05, 3.63) is 35.4 Å². The van der Waals surface area contributed by atoms with Gasteiger partial charge < -0.3 is 5.32 Å². The van der Waals surface area contributed by atoms with Crippen LogP contribution in [0.3, 0.4) is 0 Å². The minimum Gasteiger partial charge on any atom is -0.314 e. The zero-order valence-corrected chi connectivity index (χ0v) is 12.9. The van der Waals surface area contributed by atoms with E-state index in [9.17, 15) is 0 Å². The summed E-state index contributed by atoms with van der Waals surface area (Å²) in [4.78, 5) is 2.51. The average molecular weight is 283 g/mol. The van der Waals surface area contributed by atoms with Gasteiger partial charge in [-0.3, -0.25) is 4.90 Å². The maximum absolute atomic E-state index is 8.97. The molecule has 3 nitrogen and oxygen atoms in total. The number of benzene rings is 1. The molecule has 0 bridgehead atoms. The third-order valence-corrected chi connectivity index (χ3v) is 4.88. The molecule has 0 radical (unpaired) electrons. The maximum Gasteiger partial charge on any atom is 0.0991 e. The van der Waals surface area contributed by atoms with Crippen molar-refractivity contribution < 1.29 is 0 Å². The van der Waals surface area contributed by atoms with Crippen LogP contribution in [0.25, 0.3) is 0 Å². The molecular formula is C18H25N3. The molecule has 1 heterocycles. The van der Waals surface area contributed by atoms with Crippen LogP contribution in [0, 0.1) is 17.2 Å². The van der Waals surface area contributed by atoms with Crippen molar-refractivity contribution in [3.8, 4) is 6.07 Å². The van der Waals surface area contributed by atoms with E-state index in [1.54, 1.807) is 0 Å². The zero-order valence-electron chi connectivity index (χ0n) is 12.9. The van der Waals surface area contributed by atoms with E-state index in [0.717, 1.165) is 18.2 Å². The van der Waals surface area contributed by atoms with Crippen LogP contribution in [0.15, 0.2) is 24.3 Å². The minimum atomic E-state index is 0.478. The fourth-order valence-electron chi connectivity index (χ4n) is 3.53. The molecule has 2 fully saturated rings. The first kappa shape index (κ1) is 14.6. The van der Waals surface area contributed by atoms with E-state index in [4.69, 9.17) is 5.26 Å². The van der Waals surface area contributed by atoms with Crippen molar-refractivity contribution in [1.82, 2.24) is 10.2 Å². The second-order valence-electron chi connectivity index (χ2n) is 6.60. The van der Waals surface area contributed by atoms with E-state index >= 15 is 0 Å². The van der Waals surface area contributed by atoms with Crippen molar-refractivity contribution in [3.63, 3.8) is 0 Å². The Labute approximate surface area is 128 Å². The molecular weight excluding hydrogens is 258 g/mol. The van der Waals surface area contributed by atoms with Gasteiger partial charge in [-0.2, -0.15) is 5.26 Å². The Hall–Kier alpha value is -1.37. The van der Waals surface area contributed by atoms with E-state index in [1.807, 2.05) is 12.1 Å². The highest BCUT2D eigenvalue weighted by Crippen LogP contribution is 2.34. The molecule has 0 aromatic heterocycles. The topological polar surface area (TPSA) is 39.1 Å². The third kappa shape index (κ3) is 3.64. The van der Waals surface area contributed by atoms with Crippen molar-refractivity contribution in [2.45, 2.75) is 44.2 Å². The average Bonchev–Trinajstić information content (AvgIpc) is 3.33. The molecule has 0 spiro atoms. The highest BCUT2D eigenvalue weighted by Gasteiger charge is 2.30. The Balaban J connectivity index is 1.78. The Morgan fingerprint density at radius 1 is 1.19 bits per heavy atom. The maximum atomic E-state index is 8.97. The monoisotopic (exact) mass is 283 g/mol. The minimum absolute atomic E-state index is 0.478. The van der Waals surface area contributed by atoms with Crippen LogP contribution < -0.4 is 5.32 Å². The molecule has 0 amide bonds. The summed E-state index contributed by atoms with van der Waals surface area (Å²) >= 11 is 0. The molecule has 3 heteroatoms. The SMILES string of the molecule is CN1CCCCC(CNC2CC2)C1c1ccc(C#N)cc1. The first-order chi connectivity index (χ1) is 10.3.